The molecule has 0 radical (unpaired) electrons. The van der Waals surface area contributed by atoms with E-state index in [1.165, 1.54) is 10.8 Å². The molecule has 0 aliphatic carbocycles. The molecule has 0 unspecified atom stereocenters. The van der Waals surface area contributed by atoms with Crippen molar-refractivity contribution in [1.29, 1.82) is 0 Å². The van der Waals surface area contributed by atoms with E-state index in [1.807, 2.05) is 0 Å². The maximum Gasteiger partial charge on any atom is 1.00 e. The maximum absolute atomic E-state index is 5.46. The largest absolute Gasteiger partial charge is 1.00 e. The summed E-state index contributed by atoms with van der Waals surface area (Å²) in [5.74, 6) is 0. The fraction of sp³-hybridized carbons (Fsp3) is 0.143. The fourth-order valence-electron chi connectivity index (χ4n) is 0.938. The summed E-state index contributed by atoms with van der Waals surface area (Å²) in [6.07, 6.45) is 0. The summed E-state index contributed by atoms with van der Waals surface area (Å²) in [7, 11) is 0.456. The third kappa shape index (κ3) is 2.59. The Bertz CT molecular complexity index is 217. The molecular weight excluding hydrogens is 170 g/mol. The van der Waals surface area contributed by atoms with Crippen molar-refractivity contribution in [3.05, 3.63) is 29.8 Å². The van der Waals surface area contributed by atoms with Crippen molar-refractivity contribution < 1.29 is 5.54 Å². The van der Waals surface area contributed by atoms with Gasteiger partial charge in [0.25, 0.3) is 0 Å². The molecule has 11 heavy (non-hydrogen) atoms. The zero-order valence-electron chi connectivity index (χ0n) is 7.71. The Morgan fingerprint density at radius 3 is 2.55 bits per heavy atom. The van der Waals surface area contributed by atoms with E-state index >= 15 is 0 Å². The standard InChI is InChI=1S/C7H13NOSi2/c8-5-6-1-3-7(4-2-6)11-9-10/h1-4H,5,8,11H2,10H3/p+1. The average Bonchev–Trinajstić information content (AvgIpc) is 2.07. The van der Waals surface area contributed by atoms with E-state index in [2.05, 4.69) is 24.3 Å². The zero-order valence-corrected chi connectivity index (χ0v) is 10.1. The lowest BCUT2D eigenvalue weighted by atomic mass is 10.2. The quantitative estimate of drug-likeness (QED) is 0.566. The smallest absolute Gasteiger partial charge is 0.465 e. The van der Waals surface area contributed by atoms with Crippen molar-refractivity contribution in [3.8, 4) is 0 Å². The minimum absolute atomic E-state index is 0. The second kappa shape index (κ2) is 4.45. The summed E-state index contributed by atoms with van der Waals surface area (Å²) < 4.78 is 5.25. The lowest BCUT2D eigenvalue weighted by Crippen LogP contribution is -2.16. The molecular formula is C7H14NOSi2+. The average molecular weight is 184 g/mol. The Balaban J connectivity index is 0.00000121. The van der Waals surface area contributed by atoms with Gasteiger partial charge in [-0.15, -0.1) is 0 Å². The van der Waals surface area contributed by atoms with Crippen molar-refractivity contribution in [1.82, 2.24) is 0 Å². The van der Waals surface area contributed by atoms with E-state index in [-0.39, 0.29) is 1.43 Å². The van der Waals surface area contributed by atoms with Gasteiger partial charge in [0.05, 0.1) is 0 Å². The molecule has 1 aromatic carbocycles. The molecule has 0 spiro atoms. The van der Waals surface area contributed by atoms with Crippen LogP contribution in [0.1, 0.15) is 6.99 Å². The van der Waals surface area contributed by atoms with Crippen LogP contribution < -0.4 is 10.9 Å². The number of nitrogens with two attached hydrogens (primary N) is 1. The maximum atomic E-state index is 5.46. The zero-order chi connectivity index (χ0) is 8.10. The Kier molecular flexibility index (Phi) is 3.51. The van der Waals surface area contributed by atoms with E-state index in [9.17, 15) is 0 Å². The highest BCUT2D eigenvalue weighted by Gasteiger charge is 1.91. The second-order valence-corrected chi connectivity index (χ2v) is 5.87. The van der Waals surface area contributed by atoms with E-state index in [0.717, 1.165) is 10.5 Å². The normalized spacial score (nSPS) is 11.4. The van der Waals surface area contributed by atoms with E-state index in [0.29, 0.717) is 6.54 Å². The molecule has 0 aliphatic rings. The SMILES string of the molecule is NCc1ccc([SiH2]O[SiH3])cc1.[H+]. The van der Waals surface area contributed by atoms with Gasteiger partial charge < -0.3 is 9.85 Å². The van der Waals surface area contributed by atoms with Gasteiger partial charge in [-0.3, -0.25) is 0 Å². The molecule has 0 saturated carbocycles. The molecule has 0 fully saturated rings. The lowest BCUT2D eigenvalue weighted by molar-refractivity contribution is 0.676. The molecule has 2 nitrogen and oxygen atoms in total. The molecule has 4 heteroatoms. The van der Waals surface area contributed by atoms with Gasteiger partial charge in [0.1, 0.15) is 10.5 Å². The highest BCUT2D eigenvalue weighted by Crippen LogP contribution is 1.93. The minimum atomic E-state index is -0.404. The van der Waals surface area contributed by atoms with Crippen molar-refractivity contribution >= 4 is 25.4 Å². The van der Waals surface area contributed by atoms with Crippen LogP contribution in [0, 0.1) is 0 Å². The molecule has 0 aromatic heterocycles. The molecule has 60 valence electrons. The Labute approximate surface area is 73.7 Å². The molecule has 0 aliphatic heterocycles. The molecule has 1 aromatic rings. The van der Waals surface area contributed by atoms with E-state index in [1.54, 1.807) is 0 Å². The van der Waals surface area contributed by atoms with Gasteiger partial charge >= 0.3 is 1.43 Å². The first-order valence-electron chi connectivity index (χ1n) is 3.63. The monoisotopic (exact) mass is 184 g/mol. The number of rotatable bonds is 3. The summed E-state index contributed by atoms with van der Waals surface area (Å²) in [6, 6.07) is 8.38. The third-order valence-corrected chi connectivity index (χ3v) is 3.53. The Morgan fingerprint density at radius 1 is 1.45 bits per heavy atom. The van der Waals surface area contributed by atoms with Crippen molar-refractivity contribution in [2.45, 2.75) is 6.54 Å². The molecule has 0 bridgehead atoms. The van der Waals surface area contributed by atoms with Gasteiger partial charge in [-0.05, 0) is 10.8 Å². The lowest BCUT2D eigenvalue weighted by Gasteiger charge is -1.99. The molecule has 0 amide bonds. The van der Waals surface area contributed by atoms with Crippen LogP contribution in [0.25, 0.3) is 0 Å². The molecule has 0 atom stereocenters. The predicted molar refractivity (Wildman–Crippen MR) is 54.6 cm³/mol. The topological polar surface area (TPSA) is 35.2 Å². The van der Waals surface area contributed by atoms with Gasteiger partial charge in [-0.25, -0.2) is 0 Å². The van der Waals surface area contributed by atoms with Crippen LogP contribution in [0.2, 0.25) is 0 Å². The summed E-state index contributed by atoms with van der Waals surface area (Å²) in [4.78, 5) is 0. The van der Waals surface area contributed by atoms with Gasteiger partial charge in [0.15, 0.2) is 9.76 Å². The first-order valence-corrected chi connectivity index (χ1v) is 5.73. The summed E-state index contributed by atoms with van der Waals surface area (Å²) >= 11 is 0. The van der Waals surface area contributed by atoms with Crippen LogP contribution in [0.4, 0.5) is 0 Å². The van der Waals surface area contributed by atoms with Crippen LogP contribution in [0.3, 0.4) is 0 Å². The van der Waals surface area contributed by atoms with E-state index < -0.39 is 9.76 Å². The summed E-state index contributed by atoms with van der Waals surface area (Å²) in [6.45, 7) is 0.629. The Hall–Kier alpha value is -0.426. The van der Waals surface area contributed by atoms with Gasteiger partial charge in [-0.2, -0.15) is 0 Å². The van der Waals surface area contributed by atoms with Gasteiger partial charge in [0.2, 0.25) is 0 Å². The number of hydrogen-bond acceptors (Lipinski definition) is 2. The van der Waals surface area contributed by atoms with E-state index in [4.69, 9.17) is 9.85 Å². The molecule has 0 saturated heterocycles. The molecule has 2 N–H and O–H groups in total. The van der Waals surface area contributed by atoms with Crippen LogP contribution >= 0.6 is 0 Å². The summed E-state index contributed by atoms with van der Waals surface area (Å²) in [5.41, 5.74) is 6.65. The summed E-state index contributed by atoms with van der Waals surface area (Å²) in [5, 5.41) is 1.36. The highest BCUT2D eigenvalue weighted by molar-refractivity contribution is 6.50. The van der Waals surface area contributed by atoms with Crippen molar-refractivity contribution in [3.63, 3.8) is 0 Å². The molecule has 0 heterocycles. The van der Waals surface area contributed by atoms with Crippen LogP contribution in [-0.4, -0.2) is 20.2 Å². The predicted octanol–water partition coefficient (Wildman–Crippen LogP) is -1.74. The van der Waals surface area contributed by atoms with Crippen LogP contribution in [0.5, 0.6) is 0 Å². The Morgan fingerprint density at radius 2 is 2.09 bits per heavy atom. The number of benzene rings is 1. The van der Waals surface area contributed by atoms with Gasteiger partial charge in [0, 0.05) is 6.54 Å². The highest BCUT2D eigenvalue weighted by atomic mass is 28.3. The number of hydrogen-bond donors (Lipinski definition) is 1. The first kappa shape index (κ1) is 8.67. The minimum Gasteiger partial charge on any atom is -0.465 e. The third-order valence-electron chi connectivity index (χ3n) is 1.57. The van der Waals surface area contributed by atoms with Gasteiger partial charge in [-0.1, -0.05) is 24.3 Å². The van der Waals surface area contributed by atoms with Crippen LogP contribution in [0.15, 0.2) is 24.3 Å². The van der Waals surface area contributed by atoms with Crippen molar-refractivity contribution in [2.24, 2.45) is 5.73 Å². The first-order chi connectivity index (χ1) is 5.36. The van der Waals surface area contributed by atoms with Crippen LogP contribution in [-0.2, 0) is 10.7 Å². The fourth-order valence-corrected chi connectivity index (χ4v) is 2.70. The molecule has 1 rings (SSSR count). The van der Waals surface area contributed by atoms with Crippen molar-refractivity contribution in [2.75, 3.05) is 0 Å². The second-order valence-electron chi connectivity index (χ2n) is 2.45.